The van der Waals surface area contributed by atoms with Gasteiger partial charge in [0.2, 0.25) is 0 Å². The number of hydrogen-bond donors (Lipinski definition) is 1. The van der Waals surface area contributed by atoms with Crippen LogP contribution in [-0.4, -0.2) is 41.3 Å². The molecule has 8 heteroatoms. The Morgan fingerprint density at radius 3 is 2.69 bits per heavy atom. The molecular formula is C21H23N3O4S. The molecule has 1 aliphatic carbocycles. The van der Waals surface area contributed by atoms with Crippen molar-refractivity contribution >= 4 is 45.2 Å². The summed E-state index contributed by atoms with van der Waals surface area (Å²) < 4.78 is 6.66. The third-order valence-corrected chi connectivity index (χ3v) is 6.82. The van der Waals surface area contributed by atoms with Crippen molar-refractivity contribution in [1.29, 1.82) is 0 Å². The molecule has 0 spiro atoms. The fourth-order valence-corrected chi connectivity index (χ4v) is 5.15. The number of nitrogens with zero attached hydrogens (tertiary/aromatic N) is 3. The Bertz CT molecular complexity index is 1000. The number of hydrogen-bond acceptors (Lipinski definition) is 7. The Balaban J connectivity index is 1.65. The zero-order valence-corrected chi connectivity index (χ0v) is 17.2. The summed E-state index contributed by atoms with van der Waals surface area (Å²) in [7, 11) is 1.61. The van der Waals surface area contributed by atoms with Crippen molar-refractivity contribution in [2.24, 2.45) is 10.9 Å². The van der Waals surface area contributed by atoms with E-state index in [4.69, 9.17) is 14.8 Å². The number of aliphatic imine (C=N–C) groups is 1. The van der Waals surface area contributed by atoms with E-state index in [0.29, 0.717) is 11.7 Å². The first-order chi connectivity index (χ1) is 14.0. The lowest BCUT2D eigenvalue weighted by Crippen LogP contribution is -2.32. The summed E-state index contributed by atoms with van der Waals surface area (Å²) in [6.07, 6.45) is 7.79. The molecule has 2 aliphatic rings. The lowest BCUT2D eigenvalue weighted by Gasteiger charge is -2.29. The highest BCUT2D eigenvalue weighted by molar-refractivity contribution is 7.18. The molecule has 1 saturated carbocycles. The van der Waals surface area contributed by atoms with Gasteiger partial charge in [-0.25, -0.2) is 9.78 Å². The van der Waals surface area contributed by atoms with Gasteiger partial charge >= 0.3 is 5.97 Å². The molecular weight excluding hydrogens is 390 g/mol. The highest BCUT2D eigenvalue weighted by atomic mass is 32.1. The smallest absolute Gasteiger partial charge is 0.354 e. The van der Waals surface area contributed by atoms with Gasteiger partial charge < -0.3 is 19.5 Å². The van der Waals surface area contributed by atoms with E-state index in [2.05, 4.69) is 4.99 Å². The second kappa shape index (κ2) is 7.94. The first kappa shape index (κ1) is 19.6. The normalized spacial score (nSPS) is 24.4. The molecule has 7 nitrogen and oxygen atoms in total. The molecule has 2 heterocycles. The second-order valence-corrected chi connectivity index (χ2v) is 8.53. The zero-order chi connectivity index (χ0) is 20.5. The molecule has 29 heavy (non-hydrogen) atoms. The summed E-state index contributed by atoms with van der Waals surface area (Å²) in [5, 5.41) is 10.3. The number of carboxylic acids is 1. The summed E-state index contributed by atoms with van der Waals surface area (Å²) in [6, 6.07) is 3.97. The van der Waals surface area contributed by atoms with E-state index < -0.39 is 5.97 Å². The SMILES string of the molecule is COc1cc2nc(C3CCC(C=O)CC3)sc2cc1N1C=CC(C(=O)O)=NC1C. The summed E-state index contributed by atoms with van der Waals surface area (Å²) in [5.41, 5.74) is 1.77. The van der Waals surface area contributed by atoms with Crippen molar-refractivity contribution in [3.8, 4) is 5.75 Å². The fraction of sp³-hybridized carbons (Fsp3) is 0.429. The number of anilines is 1. The van der Waals surface area contributed by atoms with E-state index in [1.54, 1.807) is 24.6 Å². The molecule has 1 atom stereocenters. The van der Waals surface area contributed by atoms with Gasteiger partial charge in [0.15, 0.2) is 0 Å². The van der Waals surface area contributed by atoms with Gasteiger partial charge in [-0.3, -0.25) is 4.99 Å². The van der Waals surface area contributed by atoms with Crippen LogP contribution in [0.3, 0.4) is 0 Å². The van der Waals surface area contributed by atoms with Crippen LogP contribution in [0.5, 0.6) is 5.75 Å². The number of benzene rings is 1. The Kier molecular flexibility index (Phi) is 5.36. The quantitative estimate of drug-likeness (QED) is 0.746. The molecule has 152 valence electrons. The molecule has 1 aromatic carbocycles. The number of aldehydes is 1. The van der Waals surface area contributed by atoms with Gasteiger partial charge in [0.05, 0.1) is 28.0 Å². The predicted octanol–water partition coefficient (Wildman–Crippen LogP) is 3.98. The third kappa shape index (κ3) is 3.76. The van der Waals surface area contributed by atoms with Crippen LogP contribution in [0.25, 0.3) is 10.2 Å². The third-order valence-electron chi connectivity index (χ3n) is 5.64. The second-order valence-electron chi connectivity index (χ2n) is 7.47. The van der Waals surface area contributed by atoms with Gasteiger partial charge in [0.25, 0.3) is 0 Å². The maximum atomic E-state index is 11.2. The van der Waals surface area contributed by atoms with Crippen LogP contribution in [0.15, 0.2) is 29.4 Å². The van der Waals surface area contributed by atoms with Crippen molar-refractivity contribution in [2.75, 3.05) is 12.0 Å². The number of ether oxygens (including phenoxy) is 1. The van der Waals surface area contributed by atoms with Crippen LogP contribution >= 0.6 is 11.3 Å². The van der Waals surface area contributed by atoms with Crippen molar-refractivity contribution < 1.29 is 19.4 Å². The topological polar surface area (TPSA) is 92.1 Å². The molecule has 1 unspecified atom stereocenters. The highest BCUT2D eigenvalue weighted by Gasteiger charge is 2.26. The van der Waals surface area contributed by atoms with Gasteiger partial charge in [0, 0.05) is 24.1 Å². The number of fused-ring (bicyclic) bond motifs is 1. The first-order valence-electron chi connectivity index (χ1n) is 9.71. The van der Waals surface area contributed by atoms with Crippen molar-refractivity contribution in [1.82, 2.24) is 4.98 Å². The molecule has 0 bridgehead atoms. The van der Waals surface area contributed by atoms with Crippen LogP contribution in [-0.2, 0) is 9.59 Å². The Labute approximate surface area is 172 Å². The van der Waals surface area contributed by atoms with Crippen molar-refractivity contribution in [3.63, 3.8) is 0 Å². The average molecular weight is 413 g/mol. The standard InChI is InChI=1S/C21H23N3O4S/c1-12-22-15(21(26)27)7-8-24(12)17-10-19-16(9-18(17)28-2)23-20(29-19)14-5-3-13(11-25)4-6-14/h7-14H,3-6H2,1-2H3,(H,26,27). The Morgan fingerprint density at radius 2 is 2.07 bits per heavy atom. The molecule has 1 N–H and O–H groups in total. The molecule has 4 rings (SSSR count). The zero-order valence-electron chi connectivity index (χ0n) is 16.4. The first-order valence-corrected chi connectivity index (χ1v) is 10.5. The van der Waals surface area contributed by atoms with Crippen LogP contribution in [0.2, 0.25) is 0 Å². The van der Waals surface area contributed by atoms with Crippen molar-refractivity contribution in [2.45, 2.75) is 44.7 Å². The van der Waals surface area contributed by atoms with E-state index >= 15 is 0 Å². The van der Waals surface area contributed by atoms with Crippen LogP contribution < -0.4 is 9.64 Å². The van der Waals surface area contributed by atoms with E-state index in [9.17, 15) is 9.59 Å². The summed E-state index contributed by atoms with van der Waals surface area (Å²) in [5.74, 6) is 0.224. The van der Waals surface area contributed by atoms with Gasteiger partial charge in [-0.1, -0.05) is 0 Å². The lowest BCUT2D eigenvalue weighted by molar-refractivity contribution is -0.129. The van der Waals surface area contributed by atoms with E-state index in [1.807, 2.05) is 24.0 Å². The Hall–Kier alpha value is -2.74. The summed E-state index contributed by atoms with van der Waals surface area (Å²) in [4.78, 5) is 33.2. The predicted molar refractivity (Wildman–Crippen MR) is 113 cm³/mol. The largest absolute Gasteiger partial charge is 0.494 e. The monoisotopic (exact) mass is 413 g/mol. The van der Waals surface area contributed by atoms with Gasteiger partial charge in [0.1, 0.15) is 23.9 Å². The van der Waals surface area contributed by atoms with Crippen LogP contribution in [0, 0.1) is 5.92 Å². The minimum Gasteiger partial charge on any atom is -0.494 e. The van der Waals surface area contributed by atoms with Gasteiger partial charge in [-0.05, 0) is 44.7 Å². The number of carbonyl (C=O) groups excluding carboxylic acids is 1. The summed E-state index contributed by atoms with van der Waals surface area (Å²) in [6.45, 7) is 1.85. The van der Waals surface area contributed by atoms with Gasteiger partial charge in [-0.2, -0.15) is 0 Å². The maximum absolute atomic E-state index is 11.2. The molecule has 1 fully saturated rings. The minimum atomic E-state index is -1.04. The van der Waals surface area contributed by atoms with E-state index in [1.165, 1.54) is 6.08 Å². The number of thiazole rings is 1. The molecule has 2 aromatic rings. The number of aromatic nitrogens is 1. The number of carboxylic acid groups (broad SMARTS) is 1. The van der Waals surface area contributed by atoms with Gasteiger partial charge in [-0.15, -0.1) is 11.3 Å². The highest BCUT2D eigenvalue weighted by Crippen LogP contribution is 2.42. The number of methoxy groups -OCH3 is 1. The van der Waals surface area contributed by atoms with Crippen LogP contribution in [0.4, 0.5) is 5.69 Å². The average Bonchev–Trinajstić information content (AvgIpc) is 3.15. The molecule has 0 radical (unpaired) electrons. The Morgan fingerprint density at radius 1 is 1.31 bits per heavy atom. The molecule has 1 aromatic heterocycles. The minimum absolute atomic E-state index is 0.0415. The molecule has 1 aliphatic heterocycles. The number of aliphatic carboxylic acids is 1. The number of rotatable bonds is 5. The fourth-order valence-electron chi connectivity index (χ4n) is 3.99. The number of carbonyl (C=O) groups is 2. The van der Waals surface area contributed by atoms with Crippen LogP contribution in [0.1, 0.15) is 43.5 Å². The molecule has 0 saturated heterocycles. The molecule has 0 amide bonds. The lowest BCUT2D eigenvalue weighted by atomic mass is 9.83. The summed E-state index contributed by atoms with van der Waals surface area (Å²) >= 11 is 1.68. The van der Waals surface area contributed by atoms with E-state index in [-0.39, 0.29) is 17.8 Å². The van der Waals surface area contributed by atoms with Crippen molar-refractivity contribution in [3.05, 3.63) is 29.4 Å². The van der Waals surface area contributed by atoms with E-state index in [0.717, 1.165) is 52.9 Å². The maximum Gasteiger partial charge on any atom is 0.354 e.